The summed E-state index contributed by atoms with van der Waals surface area (Å²) >= 11 is 0. The zero-order valence-corrected chi connectivity index (χ0v) is 20.0. The lowest BCUT2D eigenvalue weighted by atomic mass is 9.74. The van der Waals surface area contributed by atoms with Gasteiger partial charge in [0.1, 0.15) is 5.82 Å². The number of amides is 2. The highest BCUT2D eigenvalue weighted by Gasteiger charge is 2.49. The van der Waals surface area contributed by atoms with Crippen LogP contribution in [0.2, 0.25) is 0 Å². The lowest BCUT2D eigenvalue weighted by Gasteiger charge is -2.57. The van der Waals surface area contributed by atoms with Crippen molar-refractivity contribution in [3.63, 3.8) is 0 Å². The zero-order valence-electron chi connectivity index (χ0n) is 20.0. The van der Waals surface area contributed by atoms with Crippen molar-refractivity contribution in [1.29, 1.82) is 5.26 Å². The van der Waals surface area contributed by atoms with E-state index in [1.807, 2.05) is 23.1 Å². The highest BCUT2D eigenvalue weighted by atomic mass is 19.1. The Labute approximate surface area is 210 Å². The first kappa shape index (κ1) is 24.0. The van der Waals surface area contributed by atoms with Gasteiger partial charge in [-0.05, 0) is 66.4 Å². The maximum atomic E-state index is 13.6. The quantitative estimate of drug-likeness (QED) is 0.557. The van der Waals surface area contributed by atoms with Crippen LogP contribution in [-0.2, 0) is 0 Å². The Morgan fingerprint density at radius 1 is 1.03 bits per heavy atom. The van der Waals surface area contributed by atoms with E-state index in [2.05, 4.69) is 40.6 Å². The van der Waals surface area contributed by atoms with Crippen LogP contribution in [0.1, 0.15) is 29.9 Å². The minimum Gasteiger partial charge on any atom is -0.395 e. The Bertz CT molecular complexity index is 1270. The average Bonchev–Trinajstić information content (AvgIpc) is 2.88. The van der Waals surface area contributed by atoms with Crippen molar-refractivity contribution >= 4 is 11.7 Å². The van der Waals surface area contributed by atoms with Crippen LogP contribution in [0.15, 0.2) is 72.8 Å². The number of carbonyl (C=O) groups is 1. The van der Waals surface area contributed by atoms with Crippen LogP contribution in [-0.4, -0.2) is 59.3 Å². The van der Waals surface area contributed by atoms with Crippen molar-refractivity contribution in [2.24, 2.45) is 0 Å². The summed E-state index contributed by atoms with van der Waals surface area (Å²) in [5.74, 6) is -0.295. The van der Waals surface area contributed by atoms with E-state index < -0.39 is 0 Å². The van der Waals surface area contributed by atoms with Crippen molar-refractivity contribution in [2.75, 3.05) is 31.6 Å². The average molecular weight is 485 g/mol. The molecule has 3 aromatic rings. The van der Waals surface area contributed by atoms with E-state index in [1.165, 1.54) is 12.1 Å². The van der Waals surface area contributed by atoms with Gasteiger partial charge in [-0.2, -0.15) is 5.26 Å². The predicted molar refractivity (Wildman–Crippen MR) is 137 cm³/mol. The molecule has 5 rings (SSSR count). The normalized spacial score (nSPS) is 21.9. The Morgan fingerprint density at radius 2 is 1.81 bits per heavy atom. The molecule has 36 heavy (non-hydrogen) atoms. The second-order valence-electron chi connectivity index (χ2n) is 9.49. The van der Waals surface area contributed by atoms with Crippen LogP contribution >= 0.6 is 0 Å². The molecule has 184 valence electrons. The molecule has 2 saturated heterocycles. The Morgan fingerprint density at radius 3 is 2.56 bits per heavy atom. The SMILES string of the molecule is N#Cc1cccc(-c2ccc([C@@H]3[C@H](CO)N4CCCCN(C(=O)Nc5cccc(F)c5)C[C@@H]34)cc2)c1. The number of aliphatic hydroxyl groups excluding tert-OH is 1. The first-order valence-electron chi connectivity index (χ1n) is 12.4. The first-order valence-corrected chi connectivity index (χ1v) is 12.4. The number of fused-ring (bicyclic) bond motifs is 1. The molecule has 7 heteroatoms. The first-order chi connectivity index (χ1) is 17.6. The molecule has 2 N–H and O–H groups in total. The number of nitrogens with one attached hydrogen (secondary N) is 1. The summed E-state index contributed by atoms with van der Waals surface area (Å²) in [4.78, 5) is 17.2. The minimum atomic E-state index is -0.390. The Hall–Kier alpha value is -3.73. The standard InChI is InChI=1S/C29H29FN4O2/c30-24-7-4-8-25(16-24)32-29(36)33-13-1-2-14-34-26(18-33)28(27(34)19-35)22-11-9-21(10-12-22)23-6-3-5-20(15-23)17-31/h3-12,15-16,26-28,35H,1-2,13-14,18-19H2,(H,32,36)/t26-,27-,28-/m0/s1. The van der Waals surface area contributed by atoms with Crippen LogP contribution in [0.5, 0.6) is 0 Å². The largest absolute Gasteiger partial charge is 0.395 e. The summed E-state index contributed by atoms with van der Waals surface area (Å²) < 4.78 is 13.6. The monoisotopic (exact) mass is 484 g/mol. The molecule has 0 unspecified atom stereocenters. The molecule has 0 spiro atoms. The molecule has 0 radical (unpaired) electrons. The van der Waals surface area contributed by atoms with Gasteiger partial charge in [-0.1, -0.05) is 42.5 Å². The third kappa shape index (κ3) is 4.83. The second-order valence-corrected chi connectivity index (χ2v) is 9.49. The number of urea groups is 1. The molecular weight excluding hydrogens is 455 g/mol. The fourth-order valence-electron chi connectivity index (χ4n) is 5.56. The highest BCUT2D eigenvalue weighted by molar-refractivity contribution is 5.89. The topological polar surface area (TPSA) is 79.6 Å². The summed E-state index contributed by atoms with van der Waals surface area (Å²) in [5, 5.41) is 22.2. The number of anilines is 1. The summed E-state index contributed by atoms with van der Waals surface area (Å²) in [6.45, 7) is 2.12. The molecule has 0 bridgehead atoms. The van der Waals surface area contributed by atoms with E-state index in [-0.39, 0.29) is 36.5 Å². The number of nitrogens with zero attached hydrogens (tertiary/aromatic N) is 3. The summed E-state index contributed by atoms with van der Waals surface area (Å²) in [6, 6.07) is 23.8. The van der Waals surface area contributed by atoms with E-state index in [4.69, 9.17) is 0 Å². The zero-order chi connectivity index (χ0) is 25.1. The van der Waals surface area contributed by atoms with Crippen LogP contribution in [0.25, 0.3) is 11.1 Å². The van der Waals surface area contributed by atoms with Crippen molar-refractivity contribution in [3.05, 3.63) is 89.7 Å². The van der Waals surface area contributed by atoms with Gasteiger partial charge in [-0.25, -0.2) is 9.18 Å². The van der Waals surface area contributed by atoms with Crippen LogP contribution in [0, 0.1) is 17.1 Å². The number of hydrogen-bond acceptors (Lipinski definition) is 4. The summed E-state index contributed by atoms with van der Waals surface area (Å²) in [7, 11) is 0. The van der Waals surface area contributed by atoms with Crippen molar-refractivity contribution < 1.29 is 14.3 Å². The smallest absolute Gasteiger partial charge is 0.321 e. The number of rotatable bonds is 4. The third-order valence-electron chi connectivity index (χ3n) is 7.35. The highest BCUT2D eigenvalue weighted by Crippen LogP contribution is 2.42. The number of hydrogen-bond donors (Lipinski definition) is 2. The van der Waals surface area contributed by atoms with Crippen LogP contribution in [0.3, 0.4) is 0 Å². The molecular formula is C29H29FN4O2. The van der Waals surface area contributed by atoms with E-state index in [9.17, 15) is 19.6 Å². The Balaban J connectivity index is 1.35. The molecule has 6 nitrogen and oxygen atoms in total. The van der Waals surface area contributed by atoms with Gasteiger partial charge in [0.15, 0.2) is 0 Å². The van der Waals surface area contributed by atoms with Gasteiger partial charge >= 0.3 is 6.03 Å². The number of carbonyl (C=O) groups excluding carboxylic acids is 1. The van der Waals surface area contributed by atoms with Crippen molar-refractivity contribution in [3.8, 4) is 17.2 Å². The third-order valence-corrected chi connectivity index (χ3v) is 7.35. The van der Waals surface area contributed by atoms with Crippen molar-refractivity contribution in [1.82, 2.24) is 9.80 Å². The van der Waals surface area contributed by atoms with Crippen LogP contribution < -0.4 is 5.32 Å². The van der Waals surface area contributed by atoms with Gasteiger partial charge in [0.25, 0.3) is 0 Å². The number of halogens is 1. The molecule has 2 aliphatic rings. The Kier molecular flexibility index (Phi) is 6.99. The fourth-order valence-corrected chi connectivity index (χ4v) is 5.56. The second kappa shape index (κ2) is 10.5. The molecule has 2 fully saturated rings. The maximum absolute atomic E-state index is 13.6. The molecule has 0 saturated carbocycles. The number of aliphatic hydroxyl groups is 1. The van der Waals surface area contributed by atoms with Gasteiger partial charge in [0.05, 0.1) is 18.2 Å². The molecule has 0 aromatic heterocycles. The lowest BCUT2D eigenvalue weighted by Crippen LogP contribution is -2.68. The van der Waals surface area contributed by atoms with E-state index in [0.717, 1.165) is 36.1 Å². The van der Waals surface area contributed by atoms with Gasteiger partial charge in [0.2, 0.25) is 0 Å². The molecule has 3 aromatic carbocycles. The molecule has 2 amide bonds. The maximum Gasteiger partial charge on any atom is 0.321 e. The van der Waals surface area contributed by atoms with Crippen molar-refractivity contribution in [2.45, 2.75) is 30.8 Å². The van der Waals surface area contributed by atoms with Gasteiger partial charge in [0, 0.05) is 36.8 Å². The summed E-state index contributed by atoms with van der Waals surface area (Å²) in [6.07, 6.45) is 1.82. The predicted octanol–water partition coefficient (Wildman–Crippen LogP) is 4.82. The molecule has 0 aliphatic carbocycles. The van der Waals surface area contributed by atoms with E-state index in [0.29, 0.717) is 24.3 Å². The van der Waals surface area contributed by atoms with Crippen LogP contribution in [0.4, 0.5) is 14.9 Å². The molecule has 3 atom stereocenters. The minimum absolute atomic E-state index is 0.00833. The van der Waals surface area contributed by atoms with E-state index >= 15 is 0 Å². The van der Waals surface area contributed by atoms with Gasteiger partial charge in [-0.15, -0.1) is 0 Å². The fraction of sp³-hybridized carbons (Fsp3) is 0.310. The number of nitriles is 1. The molecule has 2 heterocycles. The van der Waals surface area contributed by atoms with Gasteiger partial charge < -0.3 is 15.3 Å². The molecule has 2 aliphatic heterocycles. The van der Waals surface area contributed by atoms with Gasteiger partial charge in [-0.3, -0.25) is 4.90 Å². The number of benzene rings is 3. The lowest BCUT2D eigenvalue weighted by molar-refractivity contribution is -0.0585. The van der Waals surface area contributed by atoms with E-state index in [1.54, 1.807) is 18.2 Å². The summed E-state index contributed by atoms with van der Waals surface area (Å²) in [5.41, 5.74) is 4.20.